The topological polar surface area (TPSA) is 69.0 Å². The highest BCUT2D eigenvalue weighted by Crippen LogP contribution is 2.27. The minimum absolute atomic E-state index is 0.0000983. The van der Waals surface area contributed by atoms with Crippen LogP contribution in [0.3, 0.4) is 0 Å². The molecule has 0 atom stereocenters. The molecule has 0 amide bonds. The molecule has 2 aromatic heterocycles. The van der Waals surface area contributed by atoms with Gasteiger partial charge in [0.25, 0.3) is 10.0 Å². The van der Waals surface area contributed by atoms with Crippen LogP contribution in [-0.2, 0) is 10.0 Å². The molecule has 3 aromatic rings. The van der Waals surface area contributed by atoms with Crippen LogP contribution in [0, 0.1) is 5.95 Å². The van der Waals surface area contributed by atoms with Gasteiger partial charge in [0, 0.05) is 18.0 Å². The van der Waals surface area contributed by atoms with E-state index in [9.17, 15) is 17.6 Å². The monoisotopic (exact) mass is 330 g/mol. The fourth-order valence-electron chi connectivity index (χ4n) is 2.21. The highest BCUT2D eigenvalue weighted by molar-refractivity contribution is 7.90. The van der Waals surface area contributed by atoms with Crippen molar-refractivity contribution < 1.29 is 17.6 Å². The fraction of sp³-hybridized carbons (Fsp3) is 0. The number of aromatic nitrogens is 2. The molecule has 1 aromatic carbocycles. The number of hydrogen-bond donors (Lipinski definition) is 0. The molecule has 0 saturated heterocycles. The zero-order valence-electron chi connectivity index (χ0n) is 11.8. The Kier molecular flexibility index (Phi) is 3.79. The number of benzene rings is 1. The molecule has 23 heavy (non-hydrogen) atoms. The van der Waals surface area contributed by atoms with Crippen molar-refractivity contribution in [2.75, 3.05) is 0 Å². The minimum Gasteiger partial charge on any atom is -0.298 e. The van der Waals surface area contributed by atoms with E-state index in [0.29, 0.717) is 6.29 Å². The van der Waals surface area contributed by atoms with Gasteiger partial charge in [0.1, 0.15) is 0 Å². The molecular weight excluding hydrogens is 319 g/mol. The van der Waals surface area contributed by atoms with E-state index in [-0.39, 0.29) is 21.7 Å². The Labute approximate surface area is 132 Å². The van der Waals surface area contributed by atoms with Gasteiger partial charge in [0.2, 0.25) is 5.95 Å². The van der Waals surface area contributed by atoms with Gasteiger partial charge >= 0.3 is 0 Å². The van der Waals surface area contributed by atoms with Crippen molar-refractivity contribution in [3.63, 3.8) is 0 Å². The first-order chi connectivity index (χ1) is 11.0. The molecule has 0 fully saturated rings. The molecule has 0 aliphatic heterocycles. The molecule has 0 spiro atoms. The molecule has 0 radical (unpaired) electrons. The van der Waals surface area contributed by atoms with Gasteiger partial charge < -0.3 is 0 Å². The summed E-state index contributed by atoms with van der Waals surface area (Å²) in [5, 5.41) is 0. The summed E-state index contributed by atoms with van der Waals surface area (Å²) in [4.78, 5) is 14.6. The summed E-state index contributed by atoms with van der Waals surface area (Å²) in [5.41, 5.74) is 0.171. The van der Waals surface area contributed by atoms with Crippen molar-refractivity contribution in [1.29, 1.82) is 0 Å². The lowest BCUT2D eigenvalue weighted by Gasteiger charge is -2.10. The first kappa shape index (κ1) is 15.1. The number of carbonyl (C=O) groups is 1. The van der Waals surface area contributed by atoms with Crippen LogP contribution in [0.25, 0.3) is 11.3 Å². The standard InChI is InChI=1S/C16H11FN2O3S/c17-16-14(7-4-8-18-16)15-9-12(11-20)10-19(15)23(21,22)13-5-2-1-3-6-13/h1-11H. The summed E-state index contributed by atoms with van der Waals surface area (Å²) in [6, 6.07) is 11.9. The van der Waals surface area contributed by atoms with Crippen molar-refractivity contribution in [2.24, 2.45) is 0 Å². The van der Waals surface area contributed by atoms with Crippen LogP contribution < -0.4 is 0 Å². The second kappa shape index (κ2) is 5.77. The SMILES string of the molecule is O=Cc1cc(-c2cccnc2F)n(S(=O)(=O)c2ccccc2)c1. The quantitative estimate of drug-likeness (QED) is 0.545. The Hall–Kier alpha value is -2.80. The van der Waals surface area contributed by atoms with Crippen LogP contribution in [0.5, 0.6) is 0 Å². The van der Waals surface area contributed by atoms with E-state index in [1.165, 1.54) is 36.5 Å². The van der Waals surface area contributed by atoms with Crippen molar-refractivity contribution in [3.05, 3.63) is 72.4 Å². The first-order valence-electron chi connectivity index (χ1n) is 6.63. The lowest BCUT2D eigenvalue weighted by molar-refractivity contribution is 0.112. The number of carbonyl (C=O) groups excluding carboxylic acids is 1. The predicted molar refractivity (Wildman–Crippen MR) is 82.0 cm³/mol. The van der Waals surface area contributed by atoms with Crippen LogP contribution in [-0.4, -0.2) is 23.7 Å². The number of rotatable bonds is 4. The number of hydrogen-bond acceptors (Lipinski definition) is 4. The third-order valence-electron chi connectivity index (χ3n) is 3.28. The Balaban J connectivity index is 2.27. The maximum absolute atomic E-state index is 14.0. The van der Waals surface area contributed by atoms with E-state index in [1.54, 1.807) is 18.2 Å². The van der Waals surface area contributed by atoms with E-state index in [2.05, 4.69) is 4.98 Å². The Morgan fingerprint density at radius 1 is 1.09 bits per heavy atom. The van der Waals surface area contributed by atoms with E-state index in [0.717, 1.165) is 10.2 Å². The molecule has 116 valence electrons. The van der Waals surface area contributed by atoms with Crippen LogP contribution in [0.2, 0.25) is 0 Å². The Bertz CT molecular complexity index is 966. The molecule has 0 N–H and O–H groups in total. The van der Waals surface area contributed by atoms with Crippen LogP contribution in [0.15, 0.2) is 65.8 Å². The summed E-state index contributed by atoms with van der Waals surface area (Å²) in [5.74, 6) is -0.812. The number of aldehydes is 1. The number of nitrogens with zero attached hydrogens (tertiary/aromatic N) is 2. The molecule has 7 heteroatoms. The van der Waals surface area contributed by atoms with Gasteiger partial charge in [-0.25, -0.2) is 17.4 Å². The van der Waals surface area contributed by atoms with Crippen LogP contribution >= 0.6 is 0 Å². The molecule has 0 saturated carbocycles. The molecule has 0 bridgehead atoms. The first-order valence-corrected chi connectivity index (χ1v) is 8.07. The largest absolute Gasteiger partial charge is 0.298 e. The second-order valence-electron chi connectivity index (χ2n) is 4.73. The molecule has 3 rings (SSSR count). The highest BCUT2D eigenvalue weighted by atomic mass is 32.2. The lowest BCUT2D eigenvalue weighted by atomic mass is 10.2. The average Bonchev–Trinajstić information content (AvgIpc) is 3.01. The average molecular weight is 330 g/mol. The summed E-state index contributed by atoms with van der Waals surface area (Å²) in [6.07, 6.45) is 2.93. The third-order valence-corrected chi connectivity index (χ3v) is 4.97. The molecule has 5 nitrogen and oxygen atoms in total. The van der Waals surface area contributed by atoms with Gasteiger partial charge in [0.05, 0.1) is 16.2 Å². The maximum atomic E-state index is 14.0. The van der Waals surface area contributed by atoms with Gasteiger partial charge in [-0.15, -0.1) is 0 Å². The summed E-state index contributed by atoms with van der Waals surface area (Å²) < 4.78 is 40.4. The maximum Gasteiger partial charge on any atom is 0.268 e. The zero-order chi connectivity index (χ0) is 16.4. The van der Waals surface area contributed by atoms with E-state index >= 15 is 0 Å². The Morgan fingerprint density at radius 3 is 2.48 bits per heavy atom. The molecule has 0 aliphatic rings. The van der Waals surface area contributed by atoms with Gasteiger partial charge in [-0.05, 0) is 30.3 Å². The van der Waals surface area contributed by atoms with E-state index in [4.69, 9.17) is 0 Å². The predicted octanol–water partition coefficient (Wildman–Crippen LogP) is 2.74. The number of halogens is 1. The summed E-state index contributed by atoms with van der Waals surface area (Å²) in [6.45, 7) is 0. The van der Waals surface area contributed by atoms with Crippen molar-refractivity contribution in [3.8, 4) is 11.3 Å². The molecular formula is C16H11FN2O3S. The van der Waals surface area contributed by atoms with Crippen LogP contribution in [0.1, 0.15) is 10.4 Å². The molecule has 0 aliphatic carbocycles. The highest BCUT2D eigenvalue weighted by Gasteiger charge is 2.23. The van der Waals surface area contributed by atoms with Crippen molar-refractivity contribution >= 4 is 16.3 Å². The van der Waals surface area contributed by atoms with Gasteiger partial charge in [-0.2, -0.15) is 4.39 Å². The van der Waals surface area contributed by atoms with Gasteiger partial charge in [0.15, 0.2) is 6.29 Å². The second-order valence-corrected chi connectivity index (χ2v) is 6.55. The third kappa shape index (κ3) is 2.66. The van der Waals surface area contributed by atoms with Crippen LogP contribution in [0.4, 0.5) is 4.39 Å². The summed E-state index contributed by atoms with van der Waals surface area (Å²) in [7, 11) is -3.96. The molecule has 2 heterocycles. The lowest BCUT2D eigenvalue weighted by Crippen LogP contribution is -2.13. The smallest absolute Gasteiger partial charge is 0.268 e. The van der Waals surface area contributed by atoms with E-state index < -0.39 is 16.0 Å². The minimum atomic E-state index is -3.96. The zero-order valence-corrected chi connectivity index (χ0v) is 12.6. The fourth-order valence-corrected chi connectivity index (χ4v) is 3.61. The van der Waals surface area contributed by atoms with Gasteiger partial charge in [-0.1, -0.05) is 18.2 Å². The molecule has 0 unspecified atom stereocenters. The van der Waals surface area contributed by atoms with Gasteiger partial charge in [-0.3, -0.25) is 4.79 Å². The van der Waals surface area contributed by atoms with Crippen molar-refractivity contribution in [2.45, 2.75) is 4.90 Å². The summed E-state index contributed by atoms with van der Waals surface area (Å²) >= 11 is 0. The Morgan fingerprint density at radius 2 is 1.83 bits per heavy atom. The number of pyridine rings is 1. The van der Waals surface area contributed by atoms with Crippen molar-refractivity contribution in [1.82, 2.24) is 8.96 Å². The normalized spacial score (nSPS) is 11.3. The van der Waals surface area contributed by atoms with E-state index in [1.807, 2.05) is 0 Å².